The summed E-state index contributed by atoms with van der Waals surface area (Å²) in [6, 6.07) is 10.8. The lowest BCUT2D eigenvalue weighted by atomic mass is 9.96. The van der Waals surface area contributed by atoms with Crippen molar-refractivity contribution in [3.8, 4) is 11.5 Å². The van der Waals surface area contributed by atoms with Crippen LogP contribution in [0.15, 0.2) is 36.4 Å². The summed E-state index contributed by atoms with van der Waals surface area (Å²) >= 11 is 0. The molecule has 0 fully saturated rings. The Bertz CT molecular complexity index is 628. The highest BCUT2D eigenvalue weighted by atomic mass is 19.1. The second-order valence-corrected chi connectivity index (χ2v) is 4.86. The highest BCUT2D eigenvalue weighted by Gasteiger charge is 2.18. The van der Waals surface area contributed by atoms with E-state index in [-0.39, 0.29) is 17.6 Å². The van der Waals surface area contributed by atoms with Crippen LogP contribution < -0.4 is 14.8 Å². The third kappa shape index (κ3) is 3.16. The Morgan fingerprint density at radius 2 is 1.67 bits per heavy atom. The smallest absolute Gasteiger partial charge is 0.165 e. The number of benzene rings is 2. The van der Waals surface area contributed by atoms with Gasteiger partial charge in [0, 0.05) is 5.56 Å². The Hall–Kier alpha value is -2.07. The fourth-order valence-electron chi connectivity index (χ4n) is 2.44. The quantitative estimate of drug-likeness (QED) is 0.914. The third-order valence-corrected chi connectivity index (χ3v) is 3.49. The summed E-state index contributed by atoms with van der Waals surface area (Å²) in [6.07, 6.45) is 0. The van der Waals surface area contributed by atoms with Crippen LogP contribution in [0.25, 0.3) is 0 Å². The van der Waals surface area contributed by atoms with E-state index in [0.29, 0.717) is 0 Å². The zero-order valence-electron chi connectivity index (χ0n) is 12.7. The molecule has 0 saturated heterocycles. The molecule has 0 bridgehead atoms. The maximum atomic E-state index is 13.9. The molecule has 0 spiro atoms. The molecular formula is C17H20FNO2. The summed E-state index contributed by atoms with van der Waals surface area (Å²) in [5.74, 6) is 0.642. The van der Waals surface area contributed by atoms with Gasteiger partial charge in [0.1, 0.15) is 5.75 Å². The summed E-state index contributed by atoms with van der Waals surface area (Å²) in [4.78, 5) is 0. The predicted octanol–water partition coefficient (Wildman–Crippen LogP) is 3.46. The molecule has 0 aliphatic heterocycles. The zero-order valence-corrected chi connectivity index (χ0v) is 12.7. The molecule has 0 aromatic heterocycles. The van der Waals surface area contributed by atoms with Crippen LogP contribution in [0.1, 0.15) is 22.7 Å². The average Bonchev–Trinajstić information content (AvgIpc) is 2.48. The molecule has 0 saturated carbocycles. The SMILES string of the molecule is CNC(c1ccc(OC)c(F)c1)c1cc(C)ccc1OC. The molecule has 1 N–H and O–H groups in total. The summed E-state index contributed by atoms with van der Waals surface area (Å²) in [7, 11) is 4.93. The van der Waals surface area contributed by atoms with E-state index in [9.17, 15) is 4.39 Å². The van der Waals surface area contributed by atoms with Gasteiger partial charge in [-0.3, -0.25) is 0 Å². The molecule has 21 heavy (non-hydrogen) atoms. The molecule has 112 valence electrons. The molecule has 1 unspecified atom stereocenters. The van der Waals surface area contributed by atoms with Gasteiger partial charge in [0.15, 0.2) is 11.6 Å². The first-order chi connectivity index (χ1) is 10.1. The van der Waals surface area contributed by atoms with Crippen molar-refractivity contribution in [2.75, 3.05) is 21.3 Å². The Morgan fingerprint density at radius 3 is 2.24 bits per heavy atom. The topological polar surface area (TPSA) is 30.5 Å². The van der Waals surface area contributed by atoms with Gasteiger partial charge < -0.3 is 14.8 Å². The van der Waals surface area contributed by atoms with Crippen LogP contribution in [0.4, 0.5) is 4.39 Å². The van der Waals surface area contributed by atoms with Gasteiger partial charge in [-0.25, -0.2) is 4.39 Å². The van der Waals surface area contributed by atoms with E-state index < -0.39 is 0 Å². The van der Waals surface area contributed by atoms with Crippen LogP contribution >= 0.6 is 0 Å². The van der Waals surface area contributed by atoms with Crippen LogP contribution in [0.5, 0.6) is 11.5 Å². The van der Waals surface area contributed by atoms with Crippen molar-refractivity contribution in [2.24, 2.45) is 0 Å². The minimum Gasteiger partial charge on any atom is -0.496 e. The highest BCUT2D eigenvalue weighted by Crippen LogP contribution is 2.32. The Kier molecular flexibility index (Phi) is 4.81. The Morgan fingerprint density at radius 1 is 1.00 bits per heavy atom. The molecule has 3 nitrogen and oxygen atoms in total. The van der Waals surface area contributed by atoms with Crippen molar-refractivity contribution in [3.05, 3.63) is 58.9 Å². The molecule has 2 aromatic rings. The van der Waals surface area contributed by atoms with Crippen LogP contribution in [-0.2, 0) is 0 Å². The summed E-state index contributed by atoms with van der Waals surface area (Å²) in [5, 5.41) is 3.21. The molecule has 2 aromatic carbocycles. The van der Waals surface area contributed by atoms with E-state index in [2.05, 4.69) is 5.32 Å². The van der Waals surface area contributed by atoms with Crippen molar-refractivity contribution in [3.63, 3.8) is 0 Å². The van der Waals surface area contributed by atoms with Crippen LogP contribution in [0.2, 0.25) is 0 Å². The first kappa shape index (κ1) is 15.3. The summed E-state index contributed by atoms with van der Waals surface area (Å²) in [5.41, 5.74) is 2.92. The molecule has 0 radical (unpaired) electrons. The number of halogens is 1. The molecule has 0 heterocycles. The summed E-state index contributed by atoms with van der Waals surface area (Å²) < 4.78 is 24.3. The van der Waals surface area contributed by atoms with Crippen molar-refractivity contribution in [1.29, 1.82) is 0 Å². The lowest BCUT2D eigenvalue weighted by Gasteiger charge is -2.21. The van der Waals surface area contributed by atoms with Gasteiger partial charge in [0.2, 0.25) is 0 Å². The molecule has 0 aliphatic rings. The van der Waals surface area contributed by atoms with Crippen LogP contribution in [-0.4, -0.2) is 21.3 Å². The van der Waals surface area contributed by atoms with Gasteiger partial charge >= 0.3 is 0 Å². The van der Waals surface area contributed by atoms with Gasteiger partial charge in [-0.2, -0.15) is 0 Å². The fourth-order valence-corrected chi connectivity index (χ4v) is 2.44. The van der Waals surface area contributed by atoms with E-state index in [4.69, 9.17) is 9.47 Å². The highest BCUT2D eigenvalue weighted by molar-refractivity contribution is 5.45. The second kappa shape index (κ2) is 6.59. The zero-order chi connectivity index (χ0) is 15.4. The maximum absolute atomic E-state index is 13.9. The van der Waals surface area contributed by atoms with Gasteiger partial charge in [-0.15, -0.1) is 0 Å². The van der Waals surface area contributed by atoms with Gasteiger partial charge in [-0.1, -0.05) is 23.8 Å². The van der Waals surface area contributed by atoms with Gasteiger partial charge in [0.25, 0.3) is 0 Å². The first-order valence-corrected chi connectivity index (χ1v) is 6.76. The Labute approximate surface area is 124 Å². The fraction of sp³-hybridized carbons (Fsp3) is 0.294. The number of hydrogen-bond acceptors (Lipinski definition) is 3. The first-order valence-electron chi connectivity index (χ1n) is 6.76. The number of methoxy groups -OCH3 is 2. The second-order valence-electron chi connectivity index (χ2n) is 4.86. The van der Waals surface area contributed by atoms with Crippen molar-refractivity contribution in [1.82, 2.24) is 5.32 Å². The van der Waals surface area contributed by atoms with E-state index >= 15 is 0 Å². The summed E-state index contributed by atoms with van der Waals surface area (Å²) in [6.45, 7) is 2.02. The van der Waals surface area contributed by atoms with Crippen LogP contribution in [0.3, 0.4) is 0 Å². The number of aryl methyl sites for hydroxylation is 1. The lowest BCUT2D eigenvalue weighted by molar-refractivity contribution is 0.385. The molecule has 4 heteroatoms. The number of nitrogens with one attached hydrogen (secondary N) is 1. The minimum atomic E-state index is -0.373. The maximum Gasteiger partial charge on any atom is 0.165 e. The van der Waals surface area contributed by atoms with E-state index in [1.54, 1.807) is 13.2 Å². The molecule has 2 rings (SSSR count). The Balaban J connectivity index is 2.49. The molecule has 0 aliphatic carbocycles. The van der Waals surface area contributed by atoms with E-state index in [0.717, 1.165) is 22.4 Å². The average molecular weight is 289 g/mol. The standard InChI is InChI=1S/C17H20FNO2/c1-11-5-7-15(20-3)13(9-11)17(19-2)12-6-8-16(21-4)14(18)10-12/h5-10,17,19H,1-4H3. The van der Waals surface area contributed by atoms with Gasteiger partial charge in [-0.05, 0) is 37.7 Å². The normalized spacial score (nSPS) is 12.0. The number of ether oxygens (including phenoxy) is 2. The third-order valence-electron chi connectivity index (χ3n) is 3.49. The van der Waals surface area contributed by atoms with Crippen molar-refractivity contribution >= 4 is 0 Å². The molecular weight excluding hydrogens is 269 g/mol. The van der Waals surface area contributed by atoms with Gasteiger partial charge in [0.05, 0.1) is 20.3 Å². The predicted molar refractivity (Wildman–Crippen MR) is 81.6 cm³/mol. The monoisotopic (exact) mass is 289 g/mol. The van der Waals surface area contributed by atoms with Crippen molar-refractivity contribution < 1.29 is 13.9 Å². The molecule has 0 amide bonds. The van der Waals surface area contributed by atoms with Crippen molar-refractivity contribution in [2.45, 2.75) is 13.0 Å². The number of hydrogen-bond donors (Lipinski definition) is 1. The van der Waals surface area contributed by atoms with E-state index in [1.165, 1.54) is 13.2 Å². The largest absolute Gasteiger partial charge is 0.496 e. The molecule has 1 atom stereocenters. The lowest BCUT2D eigenvalue weighted by Crippen LogP contribution is -2.19. The van der Waals surface area contributed by atoms with E-state index in [1.807, 2.05) is 38.2 Å². The number of rotatable bonds is 5. The minimum absolute atomic E-state index is 0.153. The van der Waals surface area contributed by atoms with Crippen LogP contribution in [0, 0.1) is 12.7 Å².